The Morgan fingerprint density at radius 2 is 1.90 bits per heavy atom. The summed E-state index contributed by atoms with van der Waals surface area (Å²) < 4.78 is 21.0. The largest absolute Gasteiger partial charge is 0.491 e. The van der Waals surface area contributed by atoms with Crippen molar-refractivity contribution in [2.24, 2.45) is 0 Å². The van der Waals surface area contributed by atoms with E-state index in [-0.39, 0.29) is 12.1 Å². The highest BCUT2D eigenvalue weighted by atomic mass is 16.6. The van der Waals surface area contributed by atoms with Gasteiger partial charge >= 0.3 is 5.97 Å². The highest BCUT2D eigenvalue weighted by molar-refractivity contribution is 5.78. The van der Waals surface area contributed by atoms with E-state index in [1.54, 1.807) is 6.92 Å². The van der Waals surface area contributed by atoms with Crippen molar-refractivity contribution in [3.8, 4) is 5.75 Å². The quantitative estimate of drug-likeness (QED) is 0.414. The molecule has 0 radical (unpaired) electrons. The zero-order valence-corrected chi connectivity index (χ0v) is 11.8. The molecule has 0 aromatic heterocycles. The van der Waals surface area contributed by atoms with E-state index in [2.05, 4.69) is 0 Å². The van der Waals surface area contributed by atoms with Gasteiger partial charge in [0.15, 0.2) is 6.10 Å². The predicted molar refractivity (Wildman–Crippen MR) is 72.7 cm³/mol. The lowest BCUT2D eigenvalue weighted by Gasteiger charge is -2.06. The van der Waals surface area contributed by atoms with Crippen LogP contribution < -0.4 is 4.74 Å². The van der Waals surface area contributed by atoms with Crippen LogP contribution in [0.5, 0.6) is 5.75 Å². The van der Waals surface area contributed by atoms with Crippen LogP contribution >= 0.6 is 0 Å². The van der Waals surface area contributed by atoms with Gasteiger partial charge in [-0.2, -0.15) is 0 Å². The van der Waals surface area contributed by atoms with Crippen molar-refractivity contribution < 1.29 is 23.7 Å². The summed E-state index contributed by atoms with van der Waals surface area (Å²) in [5, 5.41) is 0. The van der Waals surface area contributed by atoms with Gasteiger partial charge in [-0.15, -0.1) is 0 Å². The number of hydrogen-bond acceptors (Lipinski definition) is 5. The summed E-state index contributed by atoms with van der Waals surface area (Å²) in [6.45, 7) is 5.90. The van der Waals surface area contributed by atoms with Crippen molar-refractivity contribution in [2.45, 2.75) is 26.1 Å². The van der Waals surface area contributed by atoms with Crippen LogP contribution in [0.2, 0.25) is 0 Å². The van der Waals surface area contributed by atoms with Crippen molar-refractivity contribution in [3.05, 3.63) is 29.8 Å². The van der Waals surface area contributed by atoms with Crippen LogP contribution in [0, 0.1) is 0 Å². The standard InChI is InChI=1S/C15H20O5/c1-3-17-9-10-19-12-7-5-11(6-8-12)13-14(20-13)15(16)18-4-2/h5-8,13-14H,3-4,9-10H2,1-2H3/t13?,14-/m1/s1. The number of ether oxygens (including phenoxy) is 4. The zero-order valence-electron chi connectivity index (χ0n) is 11.8. The fourth-order valence-electron chi connectivity index (χ4n) is 1.89. The normalized spacial score (nSPS) is 20.5. The third kappa shape index (κ3) is 3.95. The van der Waals surface area contributed by atoms with E-state index in [9.17, 15) is 4.79 Å². The molecule has 1 aromatic carbocycles. The van der Waals surface area contributed by atoms with E-state index in [4.69, 9.17) is 18.9 Å². The maximum Gasteiger partial charge on any atom is 0.338 e. The Bertz CT molecular complexity index is 428. The Hall–Kier alpha value is -1.59. The van der Waals surface area contributed by atoms with E-state index >= 15 is 0 Å². The summed E-state index contributed by atoms with van der Waals surface area (Å²) in [6.07, 6.45) is -0.647. The first-order chi connectivity index (χ1) is 9.76. The van der Waals surface area contributed by atoms with Crippen LogP contribution in [-0.2, 0) is 19.0 Å². The monoisotopic (exact) mass is 280 g/mol. The van der Waals surface area contributed by atoms with Gasteiger partial charge in [-0.3, -0.25) is 0 Å². The molecule has 0 aliphatic carbocycles. The summed E-state index contributed by atoms with van der Waals surface area (Å²) in [6, 6.07) is 7.54. The molecule has 5 nitrogen and oxygen atoms in total. The van der Waals surface area contributed by atoms with Gasteiger partial charge in [-0.05, 0) is 31.5 Å². The molecular weight excluding hydrogens is 260 g/mol. The molecule has 1 aromatic rings. The number of epoxide rings is 1. The Labute approximate surface area is 118 Å². The Balaban J connectivity index is 1.79. The van der Waals surface area contributed by atoms with E-state index < -0.39 is 6.10 Å². The zero-order chi connectivity index (χ0) is 14.4. The second kappa shape index (κ2) is 7.26. The van der Waals surface area contributed by atoms with Crippen LogP contribution in [0.25, 0.3) is 0 Å². The molecule has 0 amide bonds. The lowest BCUT2D eigenvalue weighted by atomic mass is 10.1. The number of carbonyl (C=O) groups excluding carboxylic acids is 1. The Kier molecular flexibility index (Phi) is 5.38. The summed E-state index contributed by atoms with van der Waals surface area (Å²) in [4.78, 5) is 11.5. The van der Waals surface area contributed by atoms with Crippen LogP contribution in [-0.4, -0.2) is 38.5 Å². The van der Waals surface area contributed by atoms with Gasteiger partial charge in [0.25, 0.3) is 0 Å². The van der Waals surface area contributed by atoms with Crippen molar-refractivity contribution in [1.82, 2.24) is 0 Å². The van der Waals surface area contributed by atoms with Gasteiger partial charge < -0.3 is 18.9 Å². The second-order valence-corrected chi connectivity index (χ2v) is 4.34. The van der Waals surface area contributed by atoms with Crippen molar-refractivity contribution in [1.29, 1.82) is 0 Å². The molecule has 1 aliphatic rings. The number of esters is 1. The SMILES string of the molecule is CCOCCOc1ccc(C2O[C@H]2C(=O)OCC)cc1. The topological polar surface area (TPSA) is 57.3 Å². The number of carbonyl (C=O) groups is 1. The van der Waals surface area contributed by atoms with Gasteiger partial charge in [0.2, 0.25) is 0 Å². The number of hydrogen-bond donors (Lipinski definition) is 0. The molecule has 0 N–H and O–H groups in total. The molecule has 110 valence electrons. The fraction of sp³-hybridized carbons (Fsp3) is 0.533. The molecule has 1 saturated heterocycles. The summed E-state index contributed by atoms with van der Waals surface area (Å²) in [7, 11) is 0. The third-order valence-electron chi connectivity index (χ3n) is 2.92. The van der Waals surface area contributed by atoms with Crippen molar-refractivity contribution in [3.63, 3.8) is 0 Å². The van der Waals surface area contributed by atoms with E-state index in [0.717, 1.165) is 11.3 Å². The average molecular weight is 280 g/mol. The minimum absolute atomic E-state index is 0.188. The Morgan fingerprint density at radius 1 is 1.15 bits per heavy atom. The van der Waals surface area contributed by atoms with Gasteiger partial charge in [-0.25, -0.2) is 4.79 Å². The predicted octanol–water partition coefficient (Wildman–Crippen LogP) is 2.10. The van der Waals surface area contributed by atoms with Crippen LogP contribution in [0.1, 0.15) is 25.5 Å². The first-order valence-electron chi connectivity index (χ1n) is 6.88. The second-order valence-electron chi connectivity index (χ2n) is 4.34. The van der Waals surface area contributed by atoms with Crippen molar-refractivity contribution >= 4 is 5.97 Å². The molecule has 20 heavy (non-hydrogen) atoms. The minimum atomic E-state index is -0.459. The number of benzene rings is 1. The molecule has 0 saturated carbocycles. The first kappa shape index (κ1) is 14.8. The third-order valence-corrected chi connectivity index (χ3v) is 2.92. The molecule has 0 bridgehead atoms. The van der Waals surface area contributed by atoms with E-state index in [0.29, 0.717) is 26.4 Å². The van der Waals surface area contributed by atoms with Gasteiger partial charge in [-0.1, -0.05) is 12.1 Å². The van der Waals surface area contributed by atoms with Crippen LogP contribution in [0.4, 0.5) is 0 Å². The first-order valence-corrected chi connectivity index (χ1v) is 6.88. The Morgan fingerprint density at radius 3 is 2.55 bits per heavy atom. The van der Waals surface area contributed by atoms with Gasteiger partial charge in [0.05, 0.1) is 13.2 Å². The molecule has 1 unspecified atom stereocenters. The highest BCUT2D eigenvalue weighted by Gasteiger charge is 2.47. The molecular formula is C15H20O5. The van der Waals surface area contributed by atoms with Gasteiger partial charge in [0.1, 0.15) is 18.5 Å². The summed E-state index contributed by atoms with van der Waals surface area (Å²) >= 11 is 0. The molecule has 0 spiro atoms. The molecule has 1 fully saturated rings. The van der Waals surface area contributed by atoms with Gasteiger partial charge in [0, 0.05) is 6.61 Å². The minimum Gasteiger partial charge on any atom is -0.491 e. The molecule has 5 heteroatoms. The smallest absolute Gasteiger partial charge is 0.338 e. The van der Waals surface area contributed by atoms with Crippen molar-refractivity contribution in [2.75, 3.05) is 26.4 Å². The lowest BCUT2D eigenvalue weighted by molar-refractivity contribution is -0.144. The van der Waals surface area contributed by atoms with Crippen LogP contribution in [0.15, 0.2) is 24.3 Å². The van der Waals surface area contributed by atoms with Crippen LogP contribution in [0.3, 0.4) is 0 Å². The highest BCUT2D eigenvalue weighted by Crippen LogP contribution is 2.39. The molecule has 1 aliphatic heterocycles. The maximum atomic E-state index is 11.5. The van der Waals surface area contributed by atoms with E-state index in [1.165, 1.54) is 0 Å². The maximum absolute atomic E-state index is 11.5. The van der Waals surface area contributed by atoms with E-state index in [1.807, 2.05) is 31.2 Å². The molecule has 1 heterocycles. The average Bonchev–Trinajstić information content (AvgIpc) is 3.25. The molecule has 2 atom stereocenters. The number of rotatable bonds is 8. The summed E-state index contributed by atoms with van der Waals surface area (Å²) in [5.41, 5.74) is 0.959. The molecule has 2 rings (SSSR count). The lowest BCUT2D eigenvalue weighted by Crippen LogP contribution is -2.11. The fourth-order valence-corrected chi connectivity index (χ4v) is 1.89. The summed E-state index contributed by atoms with van der Waals surface area (Å²) in [5.74, 6) is 0.483.